The summed E-state index contributed by atoms with van der Waals surface area (Å²) in [6.07, 6.45) is 0. The van der Waals surface area contributed by atoms with Crippen molar-refractivity contribution in [3.63, 3.8) is 0 Å². The lowest BCUT2D eigenvalue weighted by atomic mass is 9.82. The number of hydrogen-bond acceptors (Lipinski definition) is 2. The molecule has 0 aromatic carbocycles. The monoisotopic (exact) mass is 71.0 g/mol. The van der Waals surface area contributed by atoms with Gasteiger partial charge in [-0.3, -0.25) is 0 Å². The first-order valence-electron chi connectivity index (χ1n) is 1.18. The molecule has 0 saturated heterocycles. The summed E-state index contributed by atoms with van der Waals surface area (Å²) in [5.74, 6) is 0. The van der Waals surface area contributed by atoms with Crippen molar-refractivity contribution >= 4 is 7.28 Å². The molecule has 3 heteroatoms. The molecule has 0 bridgehead atoms. The topological polar surface area (TPSA) is 40.5 Å². The molecule has 0 aromatic rings. The molecule has 0 aliphatic rings. The van der Waals surface area contributed by atoms with Crippen LogP contribution in [0.25, 0.3) is 0 Å². The quantitative estimate of drug-likeness (QED) is 0.437. The second-order valence-corrected chi connectivity index (χ2v) is 0.491. The number of rotatable bonds is 2. The Hall–Kier alpha value is -0.0151. The van der Waals surface area contributed by atoms with Crippen LogP contribution in [-0.4, -0.2) is 17.5 Å². The molecule has 27 valence electrons. The molecule has 0 heterocycles. The van der Waals surface area contributed by atoms with Gasteiger partial charge < -0.3 is 10.2 Å². The summed E-state index contributed by atoms with van der Waals surface area (Å²) in [5.41, 5.74) is 0. The lowest BCUT2D eigenvalue weighted by Gasteiger charge is -1.74. The van der Waals surface area contributed by atoms with Gasteiger partial charge in [0.05, 0.1) is 0 Å². The molecule has 0 saturated carbocycles. The van der Waals surface area contributed by atoms with Crippen molar-refractivity contribution in [3.05, 3.63) is 13.0 Å². The van der Waals surface area contributed by atoms with Crippen molar-refractivity contribution in [2.75, 3.05) is 0 Å². The van der Waals surface area contributed by atoms with Gasteiger partial charge in [0.1, 0.15) is 0 Å². The lowest BCUT2D eigenvalue weighted by molar-refractivity contribution is 0.417. The summed E-state index contributed by atoms with van der Waals surface area (Å²) >= 11 is 0. The third kappa shape index (κ3) is 3.98. The minimum atomic E-state index is 0.750. The fourth-order valence-corrected chi connectivity index (χ4v) is 0.0385. The van der Waals surface area contributed by atoms with E-state index in [9.17, 15) is 0 Å². The van der Waals surface area contributed by atoms with Crippen LogP contribution >= 0.6 is 0 Å². The highest BCUT2D eigenvalue weighted by Gasteiger charge is 1.77. The Morgan fingerprint density at radius 3 is 1.60 bits per heavy atom. The molecule has 3 radical (unpaired) electrons. The van der Waals surface area contributed by atoms with Crippen LogP contribution in [-0.2, 0) is 0 Å². The van der Waals surface area contributed by atoms with Crippen molar-refractivity contribution in [1.82, 2.24) is 0 Å². The van der Waals surface area contributed by atoms with Crippen LogP contribution in [0.3, 0.4) is 0 Å². The van der Waals surface area contributed by atoms with Crippen LogP contribution < -0.4 is 0 Å². The Morgan fingerprint density at radius 1 is 1.20 bits per heavy atom. The first kappa shape index (κ1) is 4.98. The van der Waals surface area contributed by atoms with Gasteiger partial charge in [-0.25, -0.2) is 0 Å². The molecule has 0 aromatic heterocycles. The van der Waals surface area contributed by atoms with E-state index in [1.165, 1.54) is 0 Å². The Kier molecular flexibility index (Phi) is 3.97. The fourth-order valence-electron chi connectivity index (χ4n) is 0.0385. The van der Waals surface area contributed by atoms with Gasteiger partial charge in [0.25, 0.3) is 0 Å². The third-order valence-electron chi connectivity index (χ3n) is 0.172. The zero-order valence-electron chi connectivity index (χ0n) is 2.63. The molecule has 0 atom stereocenters. The standard InChI is InChI=1S/C2H4BO2/c4-1-3-2-5/h1-2,4-5H. The van der Waals surface area contributed by atoms with Crippen molar-refractivity contribution < 1.29 is 10.2 Å². The summed E-state index contributed by atoms with van der Waals surface area (Å²) in [6.45, 7) is 1.50. The first-order valence-corrected chi connectivity index (χ1v) is 1.18. The predicted molar refractivity (Wildman–Crippen MR) is 18.2 cm³/mol. The van der Waals surface area contributed by atoms with Crippen molar-refractivity contribution in [2.24, 2.45) is 0 Å². The van der Waals surface area contributed by atoms with Crippen LogP contribution in [0, 0.1) is 13.0 Å². The minimum Gasteiger partial charge on any atom is -0.400 e. The van der Waals surface area contributed by atoms with Crippen molar-refractivity contribution in [3.8, 4) is 0 Å². The van der Waals surface area contributed by atoms with E-state index in [0.29, 0.717) is 0 Å². The SMILES string of the molecule is O[CH][B][CH]O. The number of hydrogen-bond donors (Lipinski definition) is 2. The molecule has 2 N–H and O–H groups in total. The van der Waals surface area contributed by atoms with E-state index in [1.54, 1.807) is 0 Å². The Labute approximate surface area is 31.7 Å². The van der Waals surface area contributed by atoms with Gasteiger partial charge >= 0.3 is 0 Å². The summed E-state index contributed by atoms with van der Waals surface area (Å²) in [4.78, 5) is 0. The van der Waals surface area contributed by atoms with Gasteiger partial charge in [-0.1, -0.05) is 0 Å². The van der Waals surface area contributed by atoms with Gasteiger partial charge in [-0.2, -0.15) is 0 Å². The van der Waals surface area contributed by atoms with Crippen LogP contribution in [0.2, 0.25) is 0 Å². The minimum absolute atomic E-state index is 0.750. The molecular weight excluding hydrogens is 66.8 g/mol. The van der Waals surface area contributed by atoms with E-state index >= 15 is 0 Å². The highest BCUT2D eigenvalue weighted by molar-refractivity contribution is 6.42. The summed E-state index contributed by atoms with van der Waals surface area (Å²) < 4.78 is 0. The predicted octanol–water partition coefficient (Wildman–Crippen LogP) is -0.326. The lowest BCUT2D eigenvalue weighted by Crippen LogP contribution is -1.88. The fraction of sp³-hybridized carbons (Fsp3) is 0. The van der Waals surface area contributed by atoms with E-state index in [0.717, 1.165) is 20.3 Å². The van der Waals surface area contributed by atoms with Gasteiger partial charge in [0, 0.05) is 13.0 Å². The zero-order valence-corrected chi connectivity index (χ0v) is 2.63. The van der Waals surface area contributed by atoms with Crippen LogP contribution in [0.1, 0.15) is 0 Å². The average molecular weight is 70.9 g/mol. The Morgan fingerprint density at radius 2 is 1.60 bits per heavy atom. The molecule has 0 fully saturated rings. The maximum absolute atomic E-state index is 7.69. The molecule has 0 aliphatic heterocycles. The van der Waals surface area contributed by atoms with E-state index in [-0.39, 0.29) is 0 Å². The highest BCUT2D eigenvalue weighted by atomic mass is 16.3. The molecule has 0 unspecified atom stereocenters. The maximum atomic E-state index is 7.69. The molecule has 0 spiro atoms. The van der Waals surface area contributed by atoms with Gasteiger partial charge in [-0.05, 0) is 0 Å². The summed E-state index contributed by atoms with van der Waals surface area (Å²) in [5, 5.41) is 15.4. The van der Waals surface area contributed by atoms with Crippen LogP contribution in [0.4, 0.5) is 0 Å². The second-order valence-electron chi connectivity index (χ2n) is 0.491. The Bertz CT molecular complexity index is 15.1. The van der Waals surface area contributed by atoms with E-state index < -0.39 is 0 Å². The van der Waals surface area contributed by atoms with E-state index in [4.69, 9.17) is 10.2 Å². The highest BCUT2D eigenvalue weighted by Crippen LogP contribution is 1.61. The molecular formula is C2H4BO2. The number of aliphatic hydroxyl groups is 2. The van der Waals surface area contributed by atoms with Gasteiger partial charge in [0.2, 0.25) is 0 Å². The third-order valence-corrected chi connectivity index (χ3v) is 0.172. The van der Waals surface area contributed by atoms with Gasteiger partial charge in [-0.15, -0.1) is 0 Å². The molecule has 2 nitrogen and oxygen atoms in total. The van der Waals surface area contributed by atoms with Gasteiger partial charge in [0.15, 0.2) is 7.28 Å². The molecule has 0 amide bonds. The normalized spacial score (nSPS) is 7.60. The van der Waals surface area contributed by atoms with Crippen LogP contribution in [0.5, 0.6) is 0 Å². The van der Waals surface area contributed by atoms with E-state index in [1.807, 2.05) is 0 Å². The summed E-state index contributed by atoms with van der Waals surface area (Å²) in [7, 11) is 1.11. The van der Waals surface area contributed by atoms with Crippen LogP contribution in [0.15, 0.2) is 0 Å². The van der Waals surface area contributed by atoms with E-state index in [2.05, 4.69) is 0 Å². The second kappa shape index (κ2) is 3.98. The Balaban J connectivity index is 2.19. The summed E-state index contributed by atoms with van der Waals surface area (Å²) in [6, 6.07) is 0. The maximum Gasteiger partial charge on any atom is 0.192 e. The molecule has 5 heavy (non-hydrogen) atoms. The zero-order chi connectivity index (χ0) is 4.12. The largest absolute Gasteiger partial charge is 0.400 e. The molecule has 0 rings (SSSR count). The van der Waals surface area contributed by atoms with Crippen molar-refractivity contribution in [2.45, 2.75) is 0 Å². The number of aliphatic hydroxyl groups excluding tert-OH is 2. The van der Waals surface area contributed by atoms with Crippen molar-refractivity contribution in [1.29, 1.82) is 0 Å². The smallest absolute Gasteiger partial charge is 0.192 e. The average Bonchev–Trinajstić information content (AvgIpc) is 1.41. The molecule has 0 aliphatic carbocycles. The first-order chi connectivity index (χ1) is 2.41.